The Hall–Kier alpha value is -0.840. The zero-order valence-electron chi connectivity index (χ0n) is 7.50. The second-order valence-electron chi connectivity index (χ2n) is 3.19. The number of aliphatic hydroxyl groups excluding tert-OH is 1. The smallest absolute Gasteiger partial charge is 0.0694 e. The number of para-hydroxylation sites is 1. The molecular formula is C10H11BrN2O. The van der Waals surface area contributed by atoms with Gasteiger partial charge in [0.05, 0.1) is 12.6 Å². The van der Waals surface area contributed by atoms with Gasteiger partial charge in [0.1, 0.15) is 0 Å². The van der Waals surface area contributed by atoms with Gasteiger partial charge in [0.15, 0.2) is 0 Å². The number of hydrogen-bond donors (Lipinski definition) is 3. The number of aromatic amines is 1. The number of fused-ring (bicyclic) bond motifs is 1. The summed E-state index contributed by atoms with van der Waals surface area (Å²) in [4.78, 5) is 3.18. The van der Waals surface area contributed by atoms with Gasteiger partial charge in [0.2, 0.25) is 0 Å². The molecule has 0 bridgehead atoms. The Morgan fingerprint density at radius 1 is 1.43 bits per heavy atom. The number of rotatable bonds is 2. The van der Waals surface area contributed by atoms with Crippen LogP contribution in [0.3, 0.4) is 0 Å². The molecule has 1 aromatic heterocycles. The standard InChI is InChI=1S/C10H11BrN2O/c11-9-6-3-1-2-4-8(6)13-10(9)7(12)5-14/h1-4,7,13-14H,5,12H2. The maximum atomic E-state index is 8.97. The summed E-state index contributed by atoms with van der Waals surface area (Å²) >= 11 is 3.47. The number of nitrogens with two attached hydrogens (primary N) is 1. The zero-order chi connectivity index (χ0) is 10.1. The van der Waals surface area contributed by atoms with Crippen LogP contribution in [0.15, 0.2) is 28.7 Å². The van der Waals surface area contributed by atoms with Gasteiger partial charge >= 0.3 is 0 Å². The molecule has 0 saturated heterocycles. The fourth-order valence-corrected chi connectivity index (χ4v) is 2.21. The van der Waals surface area contributed by atoms with Crippen molar-refractivity contribution in [1.82, 2.24) is 4.98 Å². The number of aliphatic hydroxyl groups is 1. The molecule has 0 fully saturated rings. The quantitative estimate of drug-likeness (QED) is 0.767. The van der Waals surface area contributed by atoms with Crippen molar-refractivity contribution in [3.8, 4) is 0 Å². The monoisotopic (exact) mass is 254 g/mol. The maximum absolute atomic E-state index is 8.97. The van der Waals surface area contributed by atoms with E-state index in [1.54, 1.807) is 0 Å². The third-order valence-electron chi connectivity index (χ3n) is 2.24. The lowest BCUT2D eigenvalue weighted by atomic mass is 10.2. The van der Waals surface area contributed by atoms with E-state index in [0.29, 0.717) is 0 Å². The summed E-state index contributed by atoms with van der Waals surface area (Å²) in [5.41, 5.74) is 7.62. The summed E-state index contributed by atoms with van der Waals surface area (Å²) in [6.45, 7) is -0.0641. The molecule has 4 N–H and O–H groups in total. The van der Waals surface area contributed by atoms with Crippen molar-refractivity contribution >= 4 is 26.8 Å². The predicted octanol–water partition coefficient (Wildman–Crippen LogP) is 1.92. The normalized spacial score (nSPS) is 13.4. The first-order valence-corrected chi connectivity index (χ1v) is 5.16. The van der Waals surface area contributed by atoms with Gasteiger partial charge in [-0.15, -0.1) is 0 Å². The third-order valence-corrected chi connectivity index (χ3v) is 3.09. The van der Waals surface area contributed by atoms with E-state index in [2.05, 4.69) is 20.9 Å². The molecule has 0 aliphatic carbocycles. The molecule has 1 aromatic carbocycles. The molecule has 14 heavy (non-hydrogen) atoms. The molecule has 1 unspecified atom stereocenters. The molecule has 0 aliphatic rings. The van der Waals surface area contributed by atoms with Crippen LogP contribution in [-0.2, 0) is 0 Å². The van der Waals surface area contributed by atoms with E-state index in [1.165, 1.54) is 0 Å². The van der Waals surface area contributed by atoms with Crippen LogP contribution >= 0.6 is 15.9 Å². The lowest BCUT2D eigenvalue weighted by Gasteiger charge is -2.05. The van der Waals surface area contributed by atoms with Crippen LogP contribution in [0.25, 0.3) is 10.9 Å². The molecule has 1 atom stereocenters. The summed E-state index contributed by atoms with van der Waals surface area (Å²) in [6, 6.07) is 7.54. The SMILES string of the molecule is NC(CO)c1[nH]c2ccccc2c1Br. The van der Waals surface area contributed by atoms with Crippen LogP contribution in [-0.4, -0.2) is 16.7 Å². The van der Waals surface area contributed by atoms with Crippen LogP contribution in [0.4, 0.5) is 0 Å². The Bertz CT molecular complexity index is 452. The van der Waals surface area contributed by atoms with Crippen LogP contribution in [0.1, 0.15) is 11.7 Å². The van der Waals surface area contributed by atoms with E-state index >= 15 is 0 Å². The Kier molecular flexibility index (Phi) is 2.58. The second kappa shape index (κ2) is 3.73. The summed E-state index contributed by atoms with van der Waals surface area (Å²) in [7, 11) is 0. The van der Waals surface area contributed by atoms with Gasteiger partial charge in [-0.25, -0.2) is 0 Å². The van der Waals surface area contributed by atoms with E-state index < -0.39 is 0 Å². The van der Waals surface area contributed by atoms with Gasteiger partial charge in [-0.1, -0.05) is 18.2 Å². The number of benzene rings is 1. The number of halogens is 1. The van der Waals surface area contributed by atoms with E-state index in [-0.39, 0.29) is 12.6 Å². The number of nitrogens with one attached hydrogen (secondary N) is 1. The first-order valence-electron chi connectivity index (χ1n) is 4.36. The fraction of sp³-hybridized carbons (Fsp3) is 0.200. The highest BCUT2D eigenvalue weighted by Crippen LogP contribution is 2.30. The van der Waals surface area contributed by atoms with Crippen molar-refractivity contribution in [3.63, 3.8) is 0 Å². The van der Waals surface area contributed by atoms with Crippen LogP contribution in [0, 0.1) is 0 Å². The first-order chi connectivity index (χ1) is 6.74. The van der Waals surface area contributed by atoms with Crippen LogP contribution < -0.4 is 5.73 Å². The molecule has 4 heteroatoms. The largest absolute Gasteiger partial charge is 0.394 e. The van der Waals surface area contributed by atoms with Gasteiger partial charge in [0, 0.05) is 21.1 Å². The maximum Gasteiger partial charge on any atom is 0.0694 e. The molecule has 0 amide bonds. The summed E-state index contributed by atoms with van der Waals surface area (Å²) in [5, 5.41) is 10.1. The molecule has 74 valence electrons. The van der Waals surface area contributed by atoms with E-state index in [1.807, 2.05) is 24.3 Å². The highest BCUT2D eigenvalue weighted by Gasteiger charge is 2.13. The Labute approximate surface area is 90.1 Å². The van der Waals surface area contributed by atoms with Crippen molar-refractivity contribution in [2.24, 2.45) is 5.73 Å². The molecule has 0 spiro atoms. The lowest BCUT2D eigenvalue weighted by molar-refractivity contribution is 0.266. The molecule has 0 aliphatic heterocycles. The van der Waals surface area contributed by atoms with E-state index in [0.717, 1.165) is 21.1 Å². The van der Waals surface area contributed by atoms with Crippen LogP contribution in [0.2, 0.25) is 0 Å². The molecule has 1 heterocycles. The summed E-state index contributed by atoms with van der Waals surface area (Å²) < 4.78 is 0.939. The highest BCUT2D eigenvalue weighted by molar-refractivity contribution is 9.10. The minimum atomic E-state index is -0.364. The Morgan fingerprint density at radius 3 is 2.79 bits per heavy atom. The van der Waals surface area contributed by atoms with Gasteiger partial charge in [-0.05, 0) is 22.0 Å². The van der Waals surface area contributed by atoms with Gasteiger partial charge in [-0.2, -0.15) is 0 Å². The second-order valence-corrected chi connectivity index (χ2v) is 3.98. The van der Waals surface area contributed by atoms with Crippen molar-refractivity contribution in [1.29, 1.82) is 0 Å². The minimum absolute atomic E-state index is 0.0641. The van der Waals surface area contributed by atoms with E-state index in [9.17, 15) is 0 Å². The topological polar surface area (TPSA) is 62.0 Å². The van der Waals surface area contributed by atoms with E-state index in [4.69, 9.17) is 10.8 Å². The summed E-state index contributed by atoms with van der Waals surface area (Å²) in [6.07, 6.45) is 0. The number of hydrogen-bond acceptors (Lipinski definition) is 2. The molecule has 0 saturated carbocycles. The average molecular weight is 255 g/mol. The number of aromatic nitrogens is 1. The molecule has 2 aromatic rings. The minimum Gasteiger partial charge on any atom is -0.394 e. The highest BCUT2D eigenvalue weighted by atomic mass is 79.9. The first kappa shape index (κ1) is 9.71. The Morgan fingerprint density at radius 2 is 2.14 bits per heavy atom. The van der Waals surface area contributed by atoms with Crippen molar-refractivity contribution < 1.29 is 5.11 Å². The van der Waals surface area contributed by atoms with Crippen LogP contribution in [0.5, 0.6) is 0 Å². The van der Waals surface area contributed by atoms with Crippen molar-refractivity contribution in [3.05, 3.63) is 34.4 Å². The van der Waals surface area contributed by atoms with Gasteiger partial charge in [-0.3, -0.25) is 0 Å². The Balaban J connectivity index is 2.62. The van der Waals surface area contributed by atoms with Gasteiger partial charge in [0.25, 0.3) is 0 Å². The fourth-order valence-electron chi connectivity index (χ4n) is 1.48. The molecule has 2 rings (SSSR count). The van der Waals surface area contributed by atoms with Gasteiger partial charge < -0.3 is 15.8 Å². The van der Waals surface area contributed by atoms with Crippen molar-refractivity contribution in [2.75, 3.05) is 6.61 Å². The molecular weight excluding hydrogens is 244 g/mol. The summed E-state index contributed by atoms with van der Waals surface area (Å²) in [5.74, 6) is 0. The predicted molar refractivity (Wildman–Crippen MR) is 60.0 cm³/mol. The third kappa shape index (κ3) is 1.45. The number of H-pyrrole nitrogens is 1. The molecule has 0 radical (unpaired) electrons. The average Bonchev–Trinajstić information content (AvgIpc) is 2.56. The van der Waals surface area contributed by atoms with Crippen molar-refractivity contribution in [2.45, 2.75) is 6.04 Å². The molecule has 3 nitrogen and oxygen atoms in total. The lowest BCUT2D eigenvalue weighted by Crippen LogP contribution is -2.15. The zero-order valence-corrected chi connectivity index (χ0v) is 9.08.